The topological polar surface area (TPSA) is 65.4 Å². The van der Waals surface area contributed by atoms with Gasteiger partial charge in [0.15, 0.2) is 5.69 Å². The van der Waals surface area contributed by atoms with Crippen molar-refractivity contribution >= 4 is 23.8 Å². The Morgan fingerprint density at radius 3 is 2.33 bits per heavy atom. The van der Waals surface area contributed by atoms with E-state index in [9.17, 15) is 8.78 Å². The minimum Gasteiger partial charge on any atom is -0.247 e. The molecule has 0 aliphatic carbocycles. The van der Waals surface area contributed by atoms with Gasteiger partial charge in [-0.05, 0) is 41.5 Å². The van der Waals surface area contributed by atoms with Crippen molar-refractivity contribution in [1.29, 1.82) is 5.26 Å². The molecule has 0 saturated heterocycles. The number of rotatable bonds is 3. The van der Waals surface area contributed by atoms with Gasteiger partial charge in [-0.1, -0.05) is 29.0 Å². The van der Waals surface area contributed by atoms with Crippen LogP contribution >= 0.6 is 11.6 Å². The maximum atomic E-state index is 13.2. The Balaban J connectivity index is 1.97. The summed E-state index contributed by atoms with van der Waals surface area (Å²) < 4.78 is 26.4. The third-order valence-corrected chi connectivity index (χ3v) is 3.43. The van der Waals surface area contributed by atoms with Gasteiger partial charge in [0, 0.05) is 16.7 Å². The first-order valence-electron chi connectivity index (χ1n) is 6.81. The van der Waals surface area contributed by atoms with Crippen molar-refractivity contribution < 1.29 is 8.78 Å². The summed E-state index contributed by atoms with van der Waals surface area (Å²) in [6, 6.07) is 10.3. The molecule has 0 atom stereocenters. The number of hydrogen-bond donors (Lipinski definition) is 1. The Bertz CT molecular complexity index is 953. The number of aromatic nitrogens is 3. The summed E-state index contributed by atoms with van der Waals surface area (Å²) in [4.78, 5) is 0. The van der Waals surface area contributed by atoms with Gasteiger partial charge in [0.25, 0.3) is 0 Å². The second-order valence-corrected chi connectivity index (χ2v) is 5.39. The minimum absolute atomic E-state index is 0.222. The van der Waals surface area contributed by atoms with Gasteiger partial charge in [-0.3, -0.25) is 0 Å². The van der Waals surface area contributed by atoms with Crippen LogP contribution in [0.2, 0.25) is 5.02 Å². The molecule has 0 aliphatic rings. The van der Waals surface area contributed by atoms with Crippen LogP contribution < -0.4 is 0 Å². The highest BCUT2D eigenvalue weighted by molar-refractivity contribution is 6.31. The maximum Gasteiger partial charge on any atom is 0.163 e. The van der Waals surface area contributed by atoms with E-state index in [0.717, 1.165) is 6.07 Å². The summed E-state index contributed by atoms with van der Waals surface area (Å²) in [6.45, 7) is 0. The molecule has 118 valence electrons. The van der Waals surface area contributed by atoms with Gasteiger partial charge in [-0.25, -0.2) is 13.9 Å². The van der Waals surface area contributed by atoms with Gasteiger partial charge in [0.1, 0.15) is 23.4 Å². The summed E-state index contributed by atoms with van der Waals surface area (Å²) in [5.74, 6) is -1.30. The van der Waals surface area contributed by atoms with Gasteiger partial charge in [-0.15, -0.1) is 5.10 Å². The first kappa shape index (κ1) is 15.8. The van der Waals surface area contributed by atoms with Crippen molar-refractivity contribution in [2.24, 2.45) is 0 Å². The first-order valence-corrected chi connectivity index (χ1v) is 7.19. The van der Waals surface area contributed by atoms with E-state index in [1.807, 2.05) is 6.07 Å². The number of H-pyrrole nitrogens is 1. The van der Waals surface area contributed by atoms with E-state index in [4.69, 9.17) is 16.9 Å². The molecule has 0 aliphatic heterocycles. The molecule has 7 heteroatoms. The van der Waals surface area contributed by atoms with Gasteiger partial charge in [0.05, 0.1) is 0 Å². The maximum absolute atomic E-state index is 13.2. The standard InChI is InChI=1S/C17H9ClF2N4/c18-13-4-10(1-2-11-5-14(19)8-15(20)6-11)3-12(7-13)17-16(9-21)22-24-23-17/h1-8H,(H,22,23,24)/b2-1+. The average Bonchev–Trinajstić information content (AvgIpc) is 3.00. The molecule has 0 fully saturated rings. The summed E-state index contributed by atoms with van der Waals surface area (Å²) in [5, 5.41) is 19.4. The molecule has 0 bridgehead atoms. The lowest BCUT2D eigenvalue weighted by Gasteiger charge is -2.02. The Morgan fingerprint density at radius 1 is 1.00 bits per heavy atom. The predicted molar refractivity (Wildman–Crippen MR) is 86.8 cm³/mol. The molecule has 1 aromatic heterocycles. The lowest BCUT2D eigenvalue weighted by molar-refractivity contribution is 0.583. The van der Waals surface area contributed by atoms with E-state index in [0.29, 0.717) is 27.4 Å². The number of nitriles is 1. The second kappa shape index (κ2) is 6.60. The van der Waals surface area contributed by atoms with Crippen LogP contribution in [-0.4, -0.2) is 15.4 Å². The van der Waals surface area contributed by atoms with E-state index in [-0.39, 0.29) is 5.69 Å². The molecule has 1 N–H and O–H groups in total. The molecule has 24 heavy (non-hydrogen) atoms. The van der Waals surface area contributed by atoms with Crippen LogP contribution in [0, 0.1) is 23.0 Å². The van der Waals surface area contributed by atoms with Gasteiger partial charge in [-0.2, -0.15) is 5.26 Å². The highest BCUT2D eigenvalue weighted by atomic mass is 35.5. The van der Waals surface area contributed by atoms with Crippen LogP contribution in [0.5, 0.6) is 0 Å². The van der Waals surface area contributed by atoms with E-state index in [1.54, 1.807) is 30.4 Å². The van der Waals surface area contributed by atoms with Crippen molar-refractivity contribution in [3.8, 4) is 17.3 Å². The fourth-order valence-corrected chi connectivity index (χ4v) is 2.46. The SMILES string of the molecule is N#Cc1[nH]nnc1-c1cc(Cl)cc(/C=C/c2cc(F)cc(F)c2)c1. The van der Waals surface area contributed by atoms with Crippen LogP contribution in [0.3, 0.4) is 0 Å². The van der Waals surface area contributed by atoms with Crippen LogP contribution in [0.1, 0.15) is 16.8 Å². The van der Waals surface area contributed by atoms with Gasteiger partial charge < -0.3 is 0 Å². The average molecular weight is 343 g/mol. The highest BCUT2D eigenvalue weighted by Gasteiger charge is 2.10. The highest BCUT2D eigenvalue weighted by Crippen LogP contribution is 2.26. The van der Waals surface area contributed by atoms with E-state index in [2.05, 4.69) is 15.4 Å². The molecule has 0 amide bonds. The number of nitrogens with zero attached hydrogens (tertiary/aromatic N) is 3. The number of halogens is 3. The summed E-state index contributed by atoms with van der Waals surface area (Å²) >= 11 is 6.10. The van der Waals surface area contributed by atoms with Crippen LogP contribution in [-0.2, 0) is 0 Å². The monoisotopic (exact) mass is 342 g/mol. The minimum atomic E-state index is -0.650. The molecule has 3 aromatic rings. The van der Waals surface area contributed by atoms with E-state index >= 15 is 0 Å². The normalized spacial score (nSPS) is 10.9. The van der Waals surface area contributed by atoms with Crippen LogP contribution in [0.4, 0.5) is 8.78 Å². The molecule has 1 heterocycles. The number of benzene rings is 2. The second-order valence-electron chi connectivity index (χ2n) is 4.96. The van der Waals surface area contributed by atoms with Crippen molar-refractivity contribution in [3.05, 3.63) is 69.9 Å². The molecule has 0 spiro atoms. The molecular formula is C17H9ClF2N4. The Kier molecular flexibility index (Phi) is 4.36. The van der Waals surface area contributed by atoms with Gasteiger partial charge >= 0.3 is 0 Å². The predicted octanol–water partition coefficient (Wildman–Crippen LogP) is 4.45. The number of hydrogen-bond acceptors (Lipinski definition) is 3. The zero-order chi connectivity index (χ0) is 17.1. The molecule has 2 aromatic carbocycles. The number of nitrogens with one attached hydrogen (secondary N) is 1. The third-order valence-electron chi connectivity index (χ3n) is 3.21. The fraction of sp³-hybridized carbons (Fsp3) is 0. The van der Waals surface area contributed by atoms with Gasteiger partial charge in [0.2, 0.25) is 0 Å². The zero-order valence-corrected chi connectivity index (χ0v) is 12.9. The van der Waals surface area contributed by atoms with Crippen molar-refractivity contribution in [1.82, 2.24) is 15.4 Å². The molecule has 4 nitrogen and oxygen atoms in total. The Labute approximate surface area is 141 Å². The van der Waals surface area contributed by atoms with E-state index in [1.165, 1.54) is 12.1 Å². The Hall–Kier alpha value is -3.04. The smallest absolute Gasteiger partial charge is 0.163 e. The summed E-state index contributed by atoms with van der Waals surface area (Å²) in [7, 11) is 0. The summed E-state index contributed by atoms with van der Waals surface area (Å²) in [6.07, 6.45) is 3.23. The lowest BCUT2D eigenvalue weighted by atomic mass is 10.1. The van der Waals surface area contributed by atoms with E-state index < -0.39 is 11.6 Å². The number of aromatic amines is 1. The molecule has 0 radical (unpaired) electrons. The molecule has 0 saturated carbocycles. The van der Waals surface area contributed by atoms with Crippen molar-refractivity contribution in [2.75, 3.05) is 0 Å². The lowest BCUT2D eigenvalue weighted by Crippen LogP contribution is -1.85. The molecule has 3 rings (SSSR count). The fourth-order valence-electron chi connectivity index (χ4n) is 2.22. The van der Waals surface area contributed by atoms with Crippen molar-refractivity contribution in [2.45, 2.75) is 0 Å². The van der Waals surface area contributed by atoms with Crippen LogP contribution in [0.25, 0.3) is 23.4 Å². The zero-order valence-electron chi connectivity index (χ0n) is 12.1. The van der Waals surface area contributed by atoms with Crippen molar-refractivity contribution in [3.63, 3.8) is 0 Å². The molecular weight excluding hydrogens is 334 g/mol. The first-order chi connectivity index (χ1) is 11.5. The van der Waals surface area contributed by atoms with Crippen LogP contribution in [0.15, 0.2) is 36.4 Å². The molecule has 0 unspecified atom stereocenters. The largest absolute Gasteiger partial charge is 0.247 e. The Morgan fingerprint density at radius 2 is 1.67 bits per heavy atom. The summed E-state index contributed by atoms with van der Waals surface area (Å²) in [5.41, 5.74) is 2.28. The third kappa shape index (κ3) is 3.47. The quantitative estimate of drug-likeness (QED) is 0.715.